The van der Waals surface area contributed by atoms with Crippen LogP contribution in [0, 0.1) is 19.7 Å². The van der Waals surface area contributed by atoms with Crippen molar-refractivity contribution in [2.24, 2.45) is 0 Å². The van der Waals surface area contributed by atoms with Crippen molar-refractivity contribution in [3.05, 3.63) is 65.1 Å². The van der Waals surface area contributed by atoms with Crippen LogP contribution in [-0.4, -0.2) is 29.2 Å². The van der Waals surface area contributed by atoms with Crippen molar-refractivity contribution in [1.29, 1.82) is 0 Å². The van der Waals surface area contributed by atoms with E-state index in [4.69, 9.17) is 20.1 Å². The molecule has 0 radical (unpaired) electrons. The number of pyridine rings is 1. The maximum absolute atomic E-state index is 13.4. The van der Waals surface area contributed by atoms with E-state index in [1.54, 1.807) is 13.0 Å². The average Bonchev–Trinajstić information content (AvgIpc) is 2.68. The van der Waals surface area contributed by atoms with Gasteiger partial charge in [0, 0.05) is 16.9 Å². The number of carbonyl (C=O) groups is 1. The van der Waals surface area contributed by atoms with E-state index in [1.165, 1.54) is 18.2 Å². The van der Waals surface area contributed by atoms with Crippen LogP contribution in [0.2, 0.25) is 0 Å². The first kappa shape index (κ1) is 23.5. The molecule has 0 fully saturated rings. The molecule has 8 heteroatoms. The third-order valence-electron chi connectivity index (χ3n) is 4.41. The highest BCUT2D eigenvalue weighted by atomic mass is 19.1. The second-order valence-corrected chi connectivity index (χ2v) is 7.68. The fourth-order valence-corrected chi connectivity index (χ4v) is 3.00. The lowest BCUT2D eigenvalue weighted by Gasteiger charge is -2.27. The number of hydrogen-bond acceptors (Lipinski definition) is 6. The minimum absolute atomic E-state index is 0.228. The number of nitrogens with one attached hydrogen (secondary N) is 1. The number of aromatic nitrogens is 1. The van der Waals surface area contributed by atoms with E-state index in [0.29, 0.717) is 22.6 Å². The predicted octanol–water partition coefficient (Wildman–Crippen LogP) is 3.58. The number of carbonyl (C=O) groups excluding carboxylic acids is 3. The van der Waals surface area contributed by atoms with Crippen LogP contribution < -0.4 is 15.8 Å². The van der Waals surface area contributed by atoms with Crippen molar-refractivity contribution < 1.29 is 23.5 Å². The first-order valence-electron chi connectivity index (χ1n) is 9.44. The number of halogens is 1. The Balaban J connectivity index is 0.00000107. The van der Waals surface area contributed by atoms with Gasteiger partial charge in [0.1, 0.15) is 18.2 Å². The molecule has 0 atom stereocenters. The highest BCUT2D eigenvalue weighted by Gasteiger charge is 2.23. The molecule has 3 rings (SSSR count). The summed E-state index contributed by atoms with van der Waals surface area (Å²) in [7, 11) is 0. The summed E-state index contributed by atoms with van der Waals surface area (Å²) in [6.07, 6.45) is 0.250. The van der Waals surface area contributed by atoms with Crippen molar-refractivity contribution in [1.82, 2.24) is 10.3 Å². The van der Waals surface area contributed by atoms with E-state index < -0.39 is 5.54 Å². The molecule has 0 aliphatic rings. The fourth-order valence-electron chi connectivity index (χ4n) is 3.00. The number of nitrogens with two attached hydrogens (primary N) is 1. The molecule has 0 saturated carbocycles. The summed E-state index contributed by atoms with van der Waals surface area (Å²) < 4.78 is 19.4. The summed E-state index contributed by atoms with van der Waals surface area (Å²) >= 11 is 0. The van der Waals surface area contributed by atoms with Gasteiger partial charge in [-0.1, -0.05) is 6.07 Å². The standard InChI is InChI=1S/C22H24FN3O2.CO2/c1-13-10-15(8-9-16(13)23)21(27)26-22(3,4)12-28-19-7-5-6-18-20(19)17(24)11-14(2)25-18;2-1-3/h5-11H,12H2,1-4H3,(H2,24,25)(H,26,27);. The number of anilines is 1. The van der Waals surface area contributed by atoms with Crippen molar-refractivity contribution in [2.75, 3.05) is 12.3 Å². The number of fused-ring (bicyclic) bond motifs is 1. The van der Waals surface area contributed by atoms with E-state index in [1.807, 2.05) is 39.0 Å². The molecule has 0 unspecified atom stereocenters. The highest BCUT2D eigenvalue weighted by Crippen LogP contribution is 2.30. The maximum atomic E-state index is 13.4. The maximum Gasteiger partial charge on any atom is 0.373 e. The van der Waals surface area contributed by atoms with Gasteiger partial charge in [-0.15, -0.1) is 0 Å². The molecule has 0 bridgehead atoms. The van der Waals surface area contributed by atoms with Crippen LogP contribution >= 0.6 is 0 Å². The molecule has 0 spiro atoms. The number of aryl methyl sites for hydroxylation is 2. The van der Waals surface area contributed by atoms with Crippen LogP contribution in [0.4, 0.5) is 10.1 Å². The van der Waals surface area contributed by atoms with Gasteiger partial charge >= 0.3 is 6.15 Å². The van der Waals surface area contributed by atoms with Crippen LogP contribution in [0.15, 0.2) is 42.5 Å². The molecule has 1 heterocycles. The Kier molecular flexibility index (Phi) is 7.45. The third kappa shape index (κ3) is 6.10. The number of nitrogen functional groups attached to an aromatic ring is 1. The number of amides is 1. The Hall–Kier alpha value is -3.77. The van der Waals surface area contributed by atoms with E-state index >= 15 is 0 Å². The van der Waals surface area contributed by atoms with Crippen LogP contribution in [0.1, 0.15) is 35.5 Å². The second kappa shape index (κ2) is 9.82. The van der Waals surface area contributed by atoms with Crippen LogP contribution in [0.5, 0.6) is 5.75 Å². The lowest BCUT2D eigenvalue weighted by Crippen LogP contribution is -2.47. The molecule has 1 aromatic heterocycles. The minimum atomic E-state index is -0.658. The van der Waals surface area contributed by atoms with Crippen molar-refractivity contribution in [3.63, 3.8) is 0 Å². The largest absolute Gasteiger partial charge is 0.490 e. The Labute approximate surface area is 179 Å². The van der Waals surface area contributed by atoms with Gasteiger partial charge in [0.25, 0.3) is 5.91 Å². The zero-order valence-corrected chi connectivity index (χ0v) is 17.8. The summed E-state index contributed by atoms with van der Waals surface area (Å²) in [6, 6.07) is 11.7. The van der Waals surface area contributed by atoms with Gasteiger partial charge in [-0.05, 0) is 69.7 Å². The highest BCUT2D eigenvalue weighted by molar-refractivity contribution is 5.96. The summed E-state index contributed by atoms with van der Waals surface area (Å²) in [5.41, 5.74) is 8.53. The van der Waals surface area contributed by atoms with Gasteiger partial charge in [0.05, 0.1) is 16.4 Å². The molecule has 3 aromatic rings. The van der Waals surface area contributed by atoms with Crippen molar-refractivity contribution in [2.45, 2.75) is 33.2 Å². The number of rotatable bonds is 5. The van der Waals surface area contributed by atoms with Gasteiger partial charge in [-0.3, -0.25) is 9.78 Å². The zero-order chi connectivity index (χ0) is 23.2. The molecule has 7 nitrogen and oxygen atoms in total. The smallest absolute Gasteiger partial charge is 0.373 e. The molecule has 0 aliphatic carbocycles. The molecule has 31 heavy (non-hydrogen) atoms. The average molecular weight is 425 g/mol. The third-order valence-corrected chi connectivity index (χ3v) is 4.41. The normalized spacial score (nSPS) is 10.6. The Morgan fingerprint density at radius 1 is 1.19 bits per heavy atom. The Morgan fingerprint density at radius 3 is 2.52 bits per heavy atom. The van der Waals surface area contributed by atoms with E-state index in [9.17, 15) is 9.18 Å². The number of ether oxygens (including phenoxy) is 1. The molecule has 1 amide bonds. The summed E-state index contributed by atoms with van der Waals surface area (Å²) in [4.78, 5) is 33.3. The van der Waals surface area contributed by atoms with E-state index in [0.717, 1.165) is 16.6 Å². The first-order valence-corrected chi connectivity index (χ1v) is 9.44. The monoisotopic (exact) mass is 425 g/mol. The summed E-state index contributed by atoms with van der Waals surface area (Å²) in [5.74, 6) is -0.00888. The molecular weight excluding hydrogens is 401 g/mol. The number of benzene rings is 2. The molecule has 0 saturated heterocycles. The summed E-state index contributed by atoms with van der Waals surface area (Å²) in [5, 5.41) is 3.68. The lowest BCUT2D eigenvalue weighted by atomic mass is 10.0. The Bertz CT molecular complexity index is 1140. The molecule has 2 aromatic carbocycles. The molecular formula is C23H24FN3O4. The van der Waals surface area contributed by atoms with Gasteiger partial charge in [0.2, 0.25) is 0 Å². The van der Waals surface area contributed by atoms with Gasteiger partial charge in [0.15, 0.2) is 0 Å². The molecule has 162 valence electrons. The number of nitrogens with zero attached hydrogens (tertiary/aromatic N) is 1. The molecule has 3 N–H and O–H groups in total. The van der Waals surface area contributed by atoms with Gasteiger partial charge in [-0.25, -0.2) is 4.39 Å². The van der Waals surface area contributed by atoms with E-state index in [2.05, 4.69) is 10.3 Å². The lowest BCUT2D eigenvalue weighted by molar-refractivity contribution is -0.191. The fraction of sp³-hybridized carbons (Fsp3) is 0.261. The van der Waals surface area contributed by atoms with Gasteiger partial charge in [-0.2, -0.15) is 9.59 Å². The first-order chi connectivity index (χ1) is 14.6. The van der Waals surface area contributed by atoms with Crippen molar-refractivity contribution >= 4 is 28.6 Å². The van der Waals surface area contributed by atoms with Crippen LogP contribution in [-0.2, 0) is 9.59 Å². The zero-order valence-electron chi connectivity index (χ0n) is 17.8. The van der Waals surface area contributed by atoms with Crippen LogP contribution in [0.3, 0.4) is 0 Å². The quantitative estimate of drug-likeness (QED) is 0.646. The minimum Gasteiger partial charge on any atom is -0.490 e. The van der Waals surface area contributed by atoms with Crippen LogP contribution in [0.25, 0.3) is 10.9 Å². The van der Waals surface area contributed by atoms with E-state index in [-0.39, 0.29) is 24.5 Å². The second-order valence-electron chi connectivity index (χ2n) is 7.68. The molecule has 0 aliphatic heterocycles. The Morgan fingerprint density at radius 2 is 1.87 bits per heavy atom. The number of hydrogen-bond donors (Lipinski definition) is 2. The predicted molar refractivity (Wildman–Crippen MR) is 114 cm³/mol. The summed E-state index contributed by atoms with van der Waals surface area (Å²) in [6.45, 7) is 7.46. The topological polar surface area (TPSA) is 111 Å². The SMILES string of the molecule is Cc1cc(N)c2c(OCC(C)(C)NC(=O)c3ccc(F)c(C)c3)cccc2n1.O=C=O. The van der Waals surface area contributed by atoms with Gasteiger partial charge < -0.3 is 15.8 Å². The van der Waals surface area contributed by atoms with Crippen molar-refractivity contribution in [3.8, 4) is 5.75 Å².